The Hall–Kier alpha value is -1.24. The maximum Gasteiger partial charge on any atom is 0.404 e. The van der Waals surface area contributed by atoms with E-state index in [0.717, 1.165) is 25.7 Å². The third-order valence-corrected chi connectivity index (χ3v) is 2.14. The van der Waals surface area contributed by atoms with Gasteiger partial charge in [-0.15, -0.1) is 0 Å². The summed E-state index contributed by atoms with van der Waals surface area (Å²) in [7, 11) is 0. The monoisotopic (exact) mass is 168 g/mol. The van der Waals surface area contributed by atoms with Crippen LogP contribution in [0.2, 0.25) is 0 Å². The highest BCUT2D eigenvalue weighted by molar-refractivity contribution is 5.64. The van der Waals surface area contributed by atoms with Gasteiger partial charge in [0, 0.05) is 5.92 Å². The minimum absolute atomic E-state index is 0.0629. The molecule has 0 aromatic rings. The Kier molecular flexibility index (Phi) is 2.92. The van der Waals surface area contributed by atoms with Gasteiger partial charge in [-0.25, -0.2) is 4.79 Å². The Morgan fingerprint density at radius 1 is 1.42 bits per heavy atom. The summed E-state index contributed by atoms with van der Waals surface area (Å²) < 4.78 is 4.81. The number of primary amides is 1. The Morgan fingerprint density at radius 2 is 2.00 bits per heavy atom. The minimum Gasteiger partial charge on any atom is -0.446 e. The summed E-state index contributed by atoms with van der Waals surface area (Å²) in [6.07, 6.45) is 2.38. The first-order valence-electron chi connectivity index (χ1n) is 4.08. The van der Waals surface area contributed by atoms with Gasteiger partial charge in [-0.05, 0) is 25.7 Å². The first-order chi connectivity index (χ1) is 5.72. The summed E-state index contributed by atoms with van der Waals surface area (Å²) >= 11 is 0. The number of hydrogen-bond acceptors (Lipinski definition) is 3. The summed E-state index contributed by atoms with van der Waals surface area (Å²) in [6, 6.07) is 2.21. The largest absolute Gasteiger partial charge is 0.446 e. The van der Waals surface area contributed by atoms with Gasteiger partial charge in [-0.1, -0.05) is 0 Å². The number of carbonyl (C=O) groups excluding carboxylic acids is 1. The molecule has 1 rings (SSSR count). The third kappa shape index (κ3) is 2.42. The van der Waals surface area contributed by atoms with E-state index in [0.29, 0.717) is 0 Å². The number of carbonyl (C=O) groups is 1. The predicted molar refractivity (Wildman–Crippen MR) is 42.0 cm³/mol. The van der Waals surface area contributed by atoms with Crippen molar-refractivity contribution in [1.82, 2.24) is 0 Å². The summed E-state index contributed by atoms with van der Waals surface area (Å²) in [5.74, 6) is 0.137. The van der Waals surface area contributed by atoms with Gasteiger partial charge in [-0.3, -0.25) is 0 Å². The molecule has 0 heterocycles. The lowest BCUT2D eigenvalue weighted by atomic mass is 9.88. The fourth-order valence-corrected chi connectivity index (χ4v) is 1.47. The number of nitrogens with two attached hydrogens (primary N) is 1. The van der Waals surface area contributed by atoms with Crippen LogP contribution in [0.1, 0.15) is 25.7 Å². The van der Waals surface area contributed by atoms with Crippen molar-refractivity contribution in [2.75, 3.05) is 0 Å². The van der Waals surface area contributed by atoms with Crippen LogP contribution >= 0.6 is 0 Å². The molecule has 0 aromatic heterocycles. The van der Waals surface area contributed by atoms with Gasteiger partial charge in [-0.2, -0.15) is 5.26 Å². The van der Waals surface area contributed by atoms with Crippen LogP contribution in [0, 0.1) is 17.2 Å². The van der Waals surface area contributed by atoms with Gasteiger partial charge in [0.05, 0.1) is 6.07 Å². The van der Waals surface area contributed by atoms with Crippen molar-refractivity contribution in [3.05, 3.63) is 0 Å². The molecule has 66 valence electrons. The molecule has 12 heavy (non-hydrogen) atoms. The van der Waals surface area contributed by atoms with Gasteiger partial charge in [0.25, 0.3) is 0 Å². The highest BCUT2D eigenvalue weighted by atomic mass is 16.6. The summed E-state index contributed by atoms with van der Waals surface area (Å²) in [4.78, 5) is 10.4. The number of nitrogens with zero attached hydrogens (tertiary/aromatic N) is 1. The molecule has 4 nitrogen and oxygen atoms in total. The van der Waals surface area contributed by atoms with E-state index in [1.54, 1.807) is 0 Å². The normalized spacial score (nSPS) is 28.9. The number of rotatable bonds is 1. The molecule has 1 aliphatic carbocycles. The zero-order valence-electron chi connectivity index (χ0n) is 6.82. The molecule has 0 atom stereocenters. The summed E-state index contributed by atoms with van der Waals surface area (Å²) in [5.41, 5.74) is 4.86. The molecule has 0 aliphatic heterocycles. The fraction of sp³-hybridized carbons (Fsp3) is 0.750. The van der Waals surface area contributed by atoms with Crippen LogP contribution in [0.4, 0.5) is 4.79 Å². The first kappa shape index (κ1) is 8.85. The smallest absolute Gasteiger partial charge is 0.404 e. The molecule has 0 unspecified atom stereocenters. The Bertz CT molecular complexity index is 202. The average Bonchev–Trinajstić information content (AvgIpc) is 2.05. The van der Waals surface area contributed by atoms with Crippen molar-refractivity contribution in [1.29, 1.82) is 5.26 Å². The molecular formula is C8H12N2O2. The maximum atomic E-state index is 10.4. The molecule has 1 saturated carbocycles. The van der Waals surface area contributed by atoms with Crippen molar-refractivity contribution < 1.29 is 9.53 Å². The Balaban J connectivity index is 2.27. The van der Waals surface area contributed by atoms with Gasteiger partial charge in [0.15, 0.2) is 0 Å². The molecule has 1 fully saturated rings. The third-order valence-electron chi connectivity index (χ3n) is 2.14. The van der Waals surface area contributed by atoms with Crippen LogP contribution in [0.5, 0.6) is 0 Å². The second-order valence-electron chi connectivity index (χ2n) is 3.04. The zero-order valence-corrected chi connectivity index (χ0v) is 6.82. The molecule has 1 amide bonds. The van der Waals surface area contributed by atoms with E-state index in [2.05, 4.69) is 6.07 Å². The van der Waals surface area contributed by atoms with Gasteiger partial charge in [0.1, 0.15) is 6.10 Å². The van der Waals surface area contributed by atoms with Gasteiger partial charge < -0.3 is 10.5 Å². The van der Waals surface area contributed by atoms with Crippen LogP contribution < -0.4 is 5.73 Å². The average molecular weight is 168 g/mol. The number of nitriles is 1. The van der Waals surface area contributed by atoms with Gasteiger partial charge >= 0.3 is 6.09 Å². The molecule has 0 radical (unpaired) electrons. The number of ether oxygens (including phenoxy) is 1. The Morgan fingerprint density at radius 3 is 2.42 bits per heavy atom. The Labute approximate surface area is 71.3 Å². The molecule has 0 bridgehead atoms. The van der Waals surface area contributed by atoms with Crippen LogP contribution in [0.3, 0.4) is 0 Å². The van der Waals surface area contributed by atoms with E-state index in [4.69, 9.17) is 15.7 Å². The number of amides is 1. The maximum absolute atomic E-state index is 10.4. The summed E-state index contributed by atoms with van der Waals surface area (Å²) in [6.45, 7) is 0. The molecule has 0 saturated heterocycles. The first-order valence-corrected chi connectivity index (χ1v) is 4.08. The molecule has 2 N–H and O–H groups in total. The lowest BCUT2D eigenvalue weighted by molar-refractivity contribution is 0.0768. The van der Waals surface area contributed by atoms with E-state index in [9.17, 15) is 4.79 Å². The van der Waals surface area contributed by atoms with E-state index in [1.807, 2.05) is 0 Å². The summed E-state index contributed by atoms with van der Waals surface area (Å²) in [5, 5.41) is 8.58. The zero-order chi connectivity index (χ0) is 8.97. The van der Waals surface area contributed by atoms with E-state index < -0.39 is 6.09 Å². The van der Waals surface area contributed by atoms with Crippen molar-refractivity contribution in [2.45, 2.75) is 31.8 Å². The lowest BCUT2D eigenvalue weighted by Gasteiger charge is -2.23. The standard InChI is InChI=1S/C8H12N2O2/c9-5-6-1-3-7(4-2-6)12-8(10)11/h6-7H,1-4H2,(H2,10,11)/t6-,7-. The van der Waals surface area contributed by atoms with Crippen LogP contribution in [-0.2, 0) is 4.74 Å². The van der Waals surface area contributed by atoms with Crippen molar-refractivity contribution in [3.63, 3.8) is 0 Å². The topological polar surface area (TPSA) is 76.1 Å². The van der Waals surface area contributed by atoms with E-state index >= 15 is 0 Å². The fourth-order valence-electron chi connectivity index (χ4n) is 1.47. The van der Waals surface area contributed by atoms with Crippen LogP contribution in [-0.4, -0.2) is 12.2 Å². The second-order valence-corrected chi connectivity index (χ2v) is 3.04. The van der Waals surface area contributed by atoms with E-state index in [-0.39, 0.29) is 12.0 Å². The SMILES string of the molecule is N#C[C@H]1CC[C@H](OC(N)=O)CC1. The molecule has 1 aliphatic rings. The lowest BCUT2D eigenvalue weighted by Crippen LogP contribution is -2.26. The quantitative estimate of drug-likeness (QED) is 0.638. The van der Waals surface area contributed by atoms with Crippen molar-refractivity contribution in [2.24, 2.45) is 11.7 Å². The molecule has 0 aromatic carbocycles. The minimum atomic E-state index is -0.713. The van der Waals surface area contributed by atoms with Gasteiger partial charge in [0.2, 0.25) is 0 Å². The molecule has 4 heteroatoms. The van der Waals surface area contributed by atoms with Crippen molar-refractivity contribution >= 4 is 6.09 Å². The number of hydrogen-bond donors (Lipinski definition) is 1. The highest BCUT2D eigenvalue weighted by Crippen LogP contribution is 2.25. The van der Waals surface area contributed by atoms with Crippen LogP contribution in [0.25, 0.3) is 0 Å². The van der Waals surface area contributed by atoms with Crippen molar-refractivity contribution in [3.8, 4) is 6.07 Å². The van der Waals surface area contributed by atoms with Crippen LogP contribution in [0.15, 0.2) is 0 Å². The molecule has 0 spiro atoms. The van der Waals surface area contributed by atoms with E-state index in [1.165, 1.54) is 0 Å². The second kappa shape index (κ2) is 3.96. The highest BCUT2D eigenvalue weighted by Gasteiger charge is 2.22. The predicted octanol–water partition coefficient (Wildman–Crippen LogP) is 1.16. The molecular weight excluding hydrogens is 156 g/mol.